The van der Waals surface area contributed by atoms with Crippen molar-refractivity contribution >= 4 is 22.4 Å². The predicted molar refractivity (Wildman–Crippen MR) is 57.8 cm³/mol. The Hall–Kier alpha value is -1.17. The second kappa shape index (κ2) is 4.36. The molecule has 1 aliphatic rings. The zero-order chi connectivity index (χ0) is 9.80. The van der Waals surface area contributed by atoms with Crippen molar-refractivity contribution in [2.45, 2.75) is 19.8 Å². The Morgan fingerprint density at radius 1 is 1.50 bits per heavy atom. The van der Waals surface area contributed by atoms with Crippen LogP contribution in [0.3, 0.4) is 0 Å². The molecular formula is C8H13N5S. The molecule has 2 N–H and O–H groups in total. The van der Waals surface area contributed by atoms with E-state index in [-0.39, 0.29) is 0 Å². The highest BCUT2D eigenvalue weighted by Crippen LogP contribution is 2.16. The molecule has 0 radical (unpaired) electrons. The van der Waals surface area contributed by atoms with Crippen molar-refractivity contribution in [3.8, 4) is 0 Å². The van der Waals surface area contributed by atoms with Crippen LogP contribution in [0.25, 0.3) is 0 Å². The molecular weight excluding hydrogens is 198 g/mol. The molecule has 6 heteroatoms. The summed E-state index contributed by atoms with van der Waals surface area (Å²) in [5.41, 5.74) is 0. The van der Waals surface area contributed by atoms with Gasteiger partial charge >= 0.3 is 0 Å². The van der Waals surface area contributed by atoms with E-state index in [9.17, 15) is 0 Å². The molecule has 0 bridgehead atoms. The molecule has 14 heavy (non-hydrogen) atoms. The molecule has 0 saturated heterocycles. The van der Waals surface area contributed by atoms with Crippen molar-refractivity contribution in [3.63, 3.8) is 0 Å². The number of aryl methyl sites for hydroxylation is 1. The van der Waals surface area contributed by atoms with E-state index in [1.807, 2.05) is 0 Å². The smallest absolute Gasteiger partial charge is 0.212 e. The van der Waals surface area contributed by atoms with Crippen LogP contribution in [0.1, 0.15) is 18.4 Å². The molecule has 0 amide bonds. The lowest BCUT2D eigenvalue weighted by atomic mass is 10.4. The summed E-state index contributed by atoms with van der Waals surface area (Å²) in [7, 11) is 0. The highest BCUT2D eigenvalue weighted by Gasteiger charge is 2.08. The number of nitrogens with one attached hydrogen (secondary N) is 2. The monoisotopic (exact) mass is 211 g/mol. The van der Waals surface area contributed by atoms with Gasteiger partial charge in [-0.2, -0.15) is 0 Å². The number of rotatable bonds is 3. The van der Waals surface area contributed by atoms with Crippen molar-refractivity contribution in [1.82, 2.24) is 15.5 Å². The van der Waals surface area contributed by atoms with Crippen LogP contribution in [0.2, 0.25) is 0 Å². The summed E-state index contributed by atoms with van der Waals surface area (Å²) < 4.78 is 0. The van der Waals surface area contributed by atoms with Crippen LogP contribution in [-0.2, 0) is 6.42 Å². The molecule has 5 nitrogen and oxygen atoms in total. The first-order valence-electron chi connectivity index (χ1n) is 4.76. The maximum Gasteiger partial charge on any atom is 0.212 e. The van der Waals surface area contributed by atoms with Crippen molar-refractivity contribution < 1.29 is 0 Å². The largest absolute Gasteiger partial charge is 0.354 e. The van der Waals surface area contributed by atoms with E-state index in [0.29, 0.717) is 0 Å². The fourth-order valence-electron chi connectivity index (χ4n) is 1.20. The van der Waals surface area contributed by atoms with E-state index in [0.717, 1.165) is 42.0 Å². The molecule has 0 fully saturated rings. The van der Waals surface area contributed by atoms with Gasteiger partial charge in [-0.1, -0.05) is 18.3 Å². The van der Waals surface area contributed by atoms with E-state index in [1.165, 1.54) is 0 Å². The maximum absolute atomic E-state index is 4.22. The fourth-order valence-corrected chi connectivity index (χ4v) is 2.04. The van der Waals surface area contributed by atoms with Crippen LogP contribution < -0.4 is 10.6 Å². The van der Waals surface area contributed by atoms with Gasteiger partial charge in [0.05, 0.1) is 6.54 Å². The maximum atomic E-state index is 4.22. The predicted octanol–water partition coefficient (Wildman–Crippen LogP) is 0.862. The second-order valence-corrected chi connectivity index (χ2v) is 4.10. The van der Waals surface area contributed by atoms with Gasteiger partial charge in [0.25, 0.3) is 0 Å². The third-order valence-electron chi connectivity index (χ3n) is 1.83. The number of aromatic nitrogens is 2. The Balaban J connectivity index is 1.95. The van der Waals surface area contributed by atoms with Crippen LogP contribution >= 0.6 is 11.3 Å². The number of aliphatic imine (C=N–C) groups is 1. The number of hydrogen-bond donors (Lipinski definition) is 2. The number of anilines is 1. The molecule has 2 heterocycles. The van der Waals surface area contributed by atoms with Gasteiger partial charge in [-0.3, -0.25) is 4.99 Å². The fraction of sp³-hybridized carbons (Fsp3) is 0.625. The van der Waals surface area contributed by atoms with E-state index in [1.54, 1.807) is 11.3 Å². The minimum absolute atomic E-state index is 0.809. The highest BCUT2D eigenvalue weighted by atomic mass is 32.1. The highest BCUT2D eigenvalue weighted by molar-refractivity contribution is 7.15. The Morgan fingerprint density at radius 3 is 3.14 bits per heavy atom. The van der Waals surface area contributed by atoms with Gasteiger partial charge in [0.1, 0.15) is 5.01 Å². The zero-order valence-corrected chi connectivity index (χ0v) is 8.89. The minimum Gasteiger partial charge on any atom is -0.354 e. The standard InChI is InChI=1S/C8H13N5S/c1-2-3-6-12-13-8(14-6)11-7-9-4-5-10-7/h2-5H2,1H3,(H2,9,10,11,13). The van der Waals surface area contributed by atoms with Crippen LogP contribution in [0.4, 0.5) is 5.13 Å². The Labute approximate surface area is 86.7 Å². The van der Waals surface area contributed by atoms with Crippen LogP contribution in [0.15, 0.2) is 4.99 Å². The molecule has 76 valence electrons. The van der Waals surface area contributed by atoms with Gasteiger partial charge in [0.15, 0.2) is 5.96 Å². The average Bonchev–Trinajstić information content (AvgIpc) is 2.79. The first-order valence-corrected chi connectivity index (χ1v) is 5.58. The molecule has 0 aromatic carbocycles. The Morgan fingerprint density at radius 2 is 2.43 bits per heavy atom. The lowest BCUT2D eigenvalue weighted by Crippen LogP contribution is -2.26. The normalized spacial score (nSPS) is 15.1. The lowest BCUT2D eigenvalue weighted by molar-refractivity contribution is 0.879. The SMILES string of the molecule is CCCc1nnc(NC2=NCCN2)s1. The first-order chi connectivity index (χ1) is 6.88. The molecule has 0 spiro atoms. The van der Waals surface area contributed by atoms with Crippen molar-refractivity contribution in [3.05, 3.63) is 5.01 Å². The summed E-state index contributed by atoms with van der Waals surface area (Å²) in [5.74, 6) is 0.809. The quantitative estimate of drug-likeness (QED) is 0.778. The van der Waals surface area contributed by atoms with E-state index >= 15 is 0 Å². The van der Waals surface area contributed by atoms with E-state index in [2.05, 4.69) is 32.7 Å². The van der Waals surface area contributed by atoms with Crippen molar-refractivity contribution in [2.24, 2.45) is 4.99 Å². The topological polar surface area (TPSA) is 62.2 Å². The van der Waals surface area contributed by atoms with Crippen molar-refractivity contribution in [2.75, 3.05) is 18.4 Å². The second-order valence-electron chi connectivity index (χ2n) is 3.03. The minimum atomic E-state index is 0.809. The summed E-state index contributed by atoms with van der Waals surface area (Å²) in [6.07, 6.45) is 2.10. The lowest BCUT2D eigenvalue weighted by Gasteiger charge is -1.99. The number of guanidine groups is 1. The summed E-state index contributed by atoms with van der Waals surface area (Å²) >= 11 is 1.59. The third kappa shape index (κ3) is 2.20. The van der Waals surface area contributed by atoms with Gasteiger partial charge in [0, 0.05) is 13.0 Å². The molecule has 1 aliphatic heterocycles. The third-order valence-corrected chi connectivity index (χ3v) is 2.73. The Bertz CT molecular complexity index is 332. The van der Waals surface area contributed by atoms with Gasteiger partial charge in [-0.25, -0.2) is 0 Å². The van der Waals surface area contributed by atoms with Crippen LogP contribution in [0, 0.1) is 0 Å². The first kappa shape index (κ1) is 9.39. The average molecular weight is 211 g/mol. The molecule has 1 aromatic rings. The molecule has 0 atom stereocenters. The van der Waals surface area contributed by atoms with Gasteiger partial charge in [-0.15, -0.1) is 10.2 Å². The van der Waals surface area contributed by atoms with E-state index in [4.69, 9.17) is 0 Å². The summed E-state index contributed by atoms with van der Waals surface area (Å²) in [6, 6.07) is 0. The van der Waals surface area contributed by atoms with Gasteiger partial charge in [0.2, 0.25) is 5.13 Å². The molecule has 2 rings (SSSR count). The van der Waals surface area contributed by atoms with Gasteiger partial charge < -0.3 is 10.6 Å². The molecule has 0 unspecified atom stereocenters. The van der Waals surface area contributed by atoms with Gasteiger partial charge in [-0.05, 0) is 6.42 Å². The Kier molecular flexibility index (Phi) is 2.93. The molecule has 0 saturated carbocycles. The number of hydrogen-bond acceptors (Lipinski definition) is 6. The number of nitrogens with zero attached hydrogens (tertiary/aromatic N) is 3. The summed E-state index contributed by atoms with van der Waals surface area (Å²) in [4.78, 5) is 4.22. The van der Waals surface area contributed by atoms with Crippen LogP contribution in [-0.4, -0.2) is 29.2 Å². The zero-order valence-electron chi connectivity index (χ0n) is 8.08. The summed E-state index contributed by atoms with van der Waals surface area (Å²) in [6.45, 7) is 3.88. The van der Waals surface area contributed by atoms with Crippen molar-refractivity contribution in [1.29, 1.82) is 0 Å². The van der Waals surface area contributed by atoms with Crippen LogP contribution in [0.5, 0.6) is 0 Å². The summed E-state index contributed by atoms with van der Waals surface area (Å²) in [5, 5.41) is 16.2. The molecule has 1 aromatic heterocycles. The van der Waals surface area contributed by atoms with E-state index < -0.39 is 0 Å². The molecule has 0 aliphatic carbocycles.